The summed E-state index contributed by atoms with van der Waals surface area (Å²) in [4.78, 5) is 0. The normalized spacial score (nSPS) is 10.4. The van der Waals surface area contributed by atoms with Crippen molar-refractivity contribution in [2.45, 2.75) is 0 Å². The van der Waals surface area contributed by atoms with Gasteiger partial charge in [-0.15, -0.1) is 0 Å². The van der Waals surface area contributed by atoms with Crippen LogP contribution in [0.2, 0.25) is 0 Å². The largest absolute Gasteiger partial charge is 0.309 e. The van der Waals surface area contributed by atoms with Crippen LogP contribution in [-0.4, -0.2) is 4.34 Å². The van der Waals surface area contributed by atoms with Crippen molar-refractivity contribution in [3.05, 3.63) is 84.7 Å². The highest BCUT2D eigenvalue weighted by atomic mass is 31.1. The van der Waals surface area contributed by atoms with Gasteiger partial charge in [0, 0.05) is 16.8 Å². The molecule has 0 unspecified atom stereocenters. The molecule has 0 N–H and O–H groups in total. The molecule has 1 heterocycles. The van der Waals surface area contributed by atoms with Gasteiger partial charge in [-0.3, -0.25) is 0 Å². The molecule has 96 valence electrons. The third kappa shape index (κ3) is 2.37. The highest BCUT2D eigenvalue weighted by Crippen LogP contribution is 2.36. The molecule has 0 saturated carbocycles. The Hall–Kier alpha value is -2.36. The summed E-state index contributed by atoms with van der Waals surface area (Å²) in [6, 6.07) is 26.8. The summed E-state index contributed by atoms with van der Waals surface area (Å²) in [5.41, 5.74) is 0.698. The molecule has 2 aromatic carbocycles. The summed E-state index contributed by atoms with van der Waals surface area (Å²) in [5, 5.41) is 11.8. The quantitative estimate of drug-likeness (QED) is 0.675. The number of aromatic nitrogens is 1. The average Bonchev–Trinajstić information content (AvgIpc) is 2.98. The third-order valence-corrected chi connectivity index (χ3v) is 5.41. The van der Waals surface area contributed by atoms with Crippen LogP contribution in [0.1, 0.15) is 5.69 Å². The molecule has 0 amide bonds. The summed E-state index contributed by atoms with van der Waals surface area (Å²) in [6.45, 7) is 0. The van der Waals surface area contributed by atoms with Crippen LogP contribution >= 0.6 is 8.07 Å². The molecule has 1 aromatic heterocycles. The molecule has 0 aliphatic rings. The Bertz CT molecular complexity index is 687. The van der Waals surface area contributed by atoms with E-state index in [1.165, 1.54) is 10.6 Å². The lowest BCUT2D eigenvalue weighted by molar-refractivity contribution is 1.22. The van der Waals surface area contributed by atoms with Gasteiger partial charge in [0.15, 0.2) is 0 Å². The third-order valence-electron chi connectivity index (χ3n) is 3.06. The molecule has 20 heavy (non-hydrogen) atoms. The number of rotatable bonds is 3. The van der Waals surface area contributed by atoms with Crippen LogP contribution in [0.3, 0.4) is 0 Å². The van der Waals surface area contributed by atoms with Crippen molar-refractivity contribution >= 4 is 18.7 Å². The Morgan fingerprint density at radius 2 is 1.30 bits per heavy atom. The molecule has 3 aromatic rings. The maximum Gasteiger partial charge on any atom is 0.124 e. The second-order valence-electron chi connectivity index (χ2n) is 4.33. The van der Waals surface area contributed by atoms with E-state index in [1.807, 2.05) is 54.7 Å². The van der Waals surface area contributed by atoms with Gasteiger partial charge in [-0.05, 0) is 12.1 Å². The maximum absolute atomic E-state index is 9.29. The van der Waals surface area contributed by atoms with Crippen LogP contribution in [0.5, 0.6) is 0 Å². The van der Waals surface area contributed by atoms with Crippen LogP contribution < -0.4 is 10.6 Å². The van der Waals surface area contributed by atoms with E-state index in [1.54, 1.807) is 0 Å². The molecule has 0 radical (unpaired) electrons. The van der Waals surface area contributed by atoms with Crippen LogP contribution in [0, 0.1) is 11.3 Å². The van der Waals surface area contributed by atoms with Gasteiger partial charge in [0.05, 0.1) is 8.07 Å². The standard InChI is InChI=1S/C17H13N2P/c18-14-15-8-7-13-19(15)20(16-9-3-1-4-10-16)17-11-5-2-6-12-17/h1-13H. The van der Waals surface area contributed by atoms with Crippen molar-refractivity contribution in [3.63, 3.8) is 0 Å². The van der Waals surface area contributed by atoms with E-state index in [2.05, 4.69) is 34.7 Å². The first-order valence-corrected chi connectivity index (χ1v) is 7.67. The van der Waals surface area contributed by atoms with Crippen molar-refractivity contribution in [3.8, 4) is 6.07 Å². The number of nitrogens with zero attached hydrogens (tertiary/aromatic N) is 2. The zero-order chi connectivity index (χ0) is 13.8. The Morgan fingerprint density at radius 1 is 0.750 bits per heavy atom. The lowest BCUT2D eigenvalue weighted by atomic mass is 10.4. The van der Waals surface area contributed by atoms with E-state index in [-0.39, 0.29) is 0 Å². The van der Waals surface area contributed by atoms with E-state index in [0.29, 0.717) is 5.69 Å². The minimum atomic E-state index is -0.741. The van der Waals surface area contributed by atoms with E-state index in [9.17, 15) is 5.26 Å². The number of hydrogen-bond acceptors (Lipinski definition) is 1. The second kappa shape index (κ2) is 5.74. The van der Waals surface area contributed by atoms with Gasteiger partial charge >= 0.3 is 0 Å². The fourth-order valence-electron chi connectivity index (χ4n) is 2.17. The van der Waals surface area contributed by atoms with E-state index < -0.39 is 8.07 Å². The van der Waals surface area contributed by atoms with Crippen LogP contribution in [-0.2, 0) is 0 Å². The van der Waals surface area contributed by atoms with Gasteiger partial charge in [-0.2, -0.15) is 5.26 Å². The van der Waals surface area contributed by atoms with E-state index in [0.717, 1.165) is 0 Å². The monoisotopic (exact) mass is 276 g/mol. The van der Waals surface area contributed by atoms with Gasteiger partial charge in [0.1, 0.15) is 11.8 Å². The topological polar surface area (TPSA) is 28.7 Å². The first-order chi connectivity index (χ1) is 9.90. The molecule has 2 nitrogen and oxygen atoms in total. The van der Waals surface area contributed by atoms with E-state index in [4.69, 9.17) is 0 Å². The van der Waals surface area contributed by atoms with Gasteiger partial charge in [-0.1, -0.05) is 60.7 Å². The molecule has 3 heteroatoms. The van der Waals surface area contributed by atoms with Crippen LogP contribution in [0.4, 0.5) is 0 Å². The van der Waals surface area contributed by atoms with Gasteiger partial charge in [0.2, 0.25) is 0 Å². The van der Waals surface area contributed by atoms with Gasteiger partial charge < -0.3 is 4.34 Å². The second-order valence-corrected chi connectivity index (χ2v) is 6.42. The molecule has 0 atom stereocenters. The minimum absolute atomic E-state index is 0.698. The minimum Gasteiger partial charge on any atom is -0.309 e. The van der Waals surface area contributed by atoms with Crippen molar-refractivity contribution in [2.75, 3.05) is 0 Å². The molecule has 0 bridgehead atoms. The number of nitriles is 1. The molecule has 0 aliphatic carbocycles. The average molecular weight is 276 g/mol. The summed E-state index contributed by atoms with van der Waals surface area (Å²) < 4.78 is 2.08. The van der Waals surface area contributed by atoms with Gasteiger partial charge in [-0.25, -0.2) is 0 Å². The van der Waals surface area contributed by atoms with E-state index >= 15 is 0 Å². The molecule has 0 fully saturated rings. The highest BCUT2D eigenvalue weighted by Gasteiger charge is 2.17. The summed E-state index contributed by atoms with van der Waals surface area (Å²) in [5.74, 6) is 0. The van der Waals surface area contributed by atoms with Crippen molar-refractivity contribution in [2.24, 2.45) is 0 Å². The molecule has 0 aliphatic heterocycles. The lowest BCUT2D eigenvalue weighted by Crippen LogP contribution is -2.17. The summed E-state index contributed by atoms with van der Waals surface area (Å²) in [6.07, 6.45) is 1.99. The van der Waals surface area contributed by atoms with Crippen molar-refractivity contribution in [1.29, 1.82) is 5.26 Å². The highest BCUT2D eigenvalue weighted by molar-refractivity contribution is 7.71. The van der Waals surface area contributed by atoms with Gasteiger partial charge in [0.25, 0.3) is 0 Å². The Kier molecular flexibility index (Phi) is 3.63. The maximum atomic E-state index is 9.29. The first kappa shape index (κ1) is 12.7. The predicted octanol–water partition coefficient (Wildman–Crippen LogP) is 3.26. The Morgan fingerprint density at radius 3 is 1.80 bits per heavy atom. The molecular weight excluding hydrogens is 263 g/mol. The summed E-state index contributed by atoms with van der Waals surface area (Å²) >= 11 is 0. The fraction of sp³-hybridized carbons (Fsp3) is 0. The van der Waals surface area contributed by atoms with Crippen LogP contribution in [0.15, 0.2) is 79.0 Å². The number of hydrogen-bond donors (Lipinski definition) is 0. The fourth-order valence-corrected chi connectivity index (χ4v) is 4.41. The Labute approximate surface area is 119 Å². The Balaban J connectivity index is 2.17. The zero-order valence-electron chi connectivity index (χ0n) is 10.8. The first-order valence-electron chi connectivity index (χ1n) is 6.38. The van der Waals surface area contributed by atoms with Crippen LogP contribution in [0.25, 0.3) is 0 Å². The molecule has 0 spiro atoms. The molecular formula is C17H13N2P. The lowest BCUT2D eigenvalue weighted by Gasteiger charge is -2.20. The predicted molar refractivity (Wildman–Crippen MR) is 83.6 cm³/mol. The van der Waals surface area contributed by atoms with Crippen molar-refractivity contribution in [1.82, 2.24) is 4.34 Å². The SMILES string of the molecule is N#Cc1cccn1P(c1ccccc1)c1ccccc1. The molecule has 0 saturated heterocycles. The number of benzene rings is 2. The molecule has 3 rings (SSSR count). The summed E-state index contributed by atoms with van der Waals surface area (Å²) in [7, 11) is -0.741. The smallest absolute Gasteiger partial charge is 0.124 e. The zero-order valence-corrected chi connectivity index (χ0v) is 11.7. The van der Waals surface area contributed by atoms with Crippen molar-refractivity contribution < 1.29 is 0 Å².